The molecule has 39 heavy (non-hydrogen) atoms. The summed E-state index contributed by atoms with van der Waals surface area (Å²) in [6.07, 6.45) is 0. The van der Waals surface area contributed by atoms with Gasteiger partial charge in [0, 0.05) is 73.0 Å². The van der Waals surface area contributed by atoms with Crippen LogP contribution in [0.25, 0.3) is 0 Å². The van der Waals surface area contributed by atoms with Crippen molar-refractivity contribution >= 4 is 17.1 Å². The van der Waals surface area contributed by atoms with E-state index in [9.17, 15) is 4.39 Å². The van der Waals surface area contributed by atoms with E-state index in [1.165, 1.54) is 17.2 Å². The van der Waals surface area contributed by atoms with Crippen LogP contribution >= 0.6 is 0 Å². The minimum absolute atomic E-state index is 0.236. The van der Waals surface area contributed by atoms with E-state index in [0.29, 0.717) is 6.54 Å². The lowest BCUT2D eigenvalue weighted by Crippen LogP contribution is -2.45. The number of nitrogens with zero attached hydrogens (tertiary/aromatic N) is 3. The lowest BCUT2D eigenvalue weighted by molar-refractivity contribution is 0.416. The zero-order valence-electron chi connectivity index (χ0n) is 23.2. The van der Waals surface area contributed by atoms with Gasteiger partial charge in [0.2, 0.25) is 0 Å². The number of hydrogen-bond acceptors (Lipinski definition) is 4. The Hall–Kier alpha value is -3.99. The van der Waals surface area contributed by atoms with Gasteiger partial charge in [0.1, 0.15) is 22.9 Å². The molecule has 4 aromatic rings. The van der Waals surface area contributed by atoms with Crippen LogP contribution in [0.2, 0.25) is 0 Å². The molecule has 2 aliphatic heterocycles. The van der Waals surface area contributed by atoms with Crippen LogP contribution in [0.1, 0.15) is 49.9 Å². The predicted molar refractivity (Wildman–Crippen MR) is 159 cm³/mol. The highest BCUT2D eigenvalue weighted by atomic mass is 19.1. The second-order valence-electron chi connectivity index (χ2n) is 10.2. The first-order chi connectivity index (χ1) is 19.0. The molecule has 5 heteroatoms. The Labute approximate surface area is 231 Å². The normalized spacial score (nSPS) is 14.4. The van der Waals surface area contributed by atoms with E-state index >= 15 is 0 Å². The molecule has 0 N–H and O–H groups in total. The van der Waals surface area contributed by atoms with Crippen molar-refractivity contribution in [3.8, 4) is 11.5 Å². The summed E-state index contributed by atoms with van der Waals surface area (Å²) >= 11 is 0. The summed E-state index contributed by atoms with van der Waals surface area (Å²) < 4.78 is 21.5. The zero-order chi connectivity index (χ0) is 27.1. The first-order valence-electron chi connectivity index (χ1n) is 14.1. The molecule has 0 fully saturated rings. The first kappa shape index (κ1) is 25.3. The Morgan fingerprint density at radius 2 is 1.28 bits per heavy atom. The maximum absolute atomic E-state index is 14.7. The van der Waals surface area contributed by atoms with E-state index in [4.69, 9.17) is 4.74 Å². The third-order valence-corrected chi connectivity index (χ3v) is 8.45. The van der Waals surface area contributed by atoms with Crippen LogP contribution in [-0.2, 0) is 12.1 Å². The molecule has 1 spiro atoms. The van der Waals surface area contributed by atoms with E-state index in [-0.39, 0.29) is 5.82 Å². The molecule has 200 valence electrons. The molecule has 4 nitrogen and oxygen atoms in total. The second-order valence-corrected chi connectivity index (χ2v) is 10.2. The molecule has 0 radical (unpaired) electrons. The van der Waals surface area contributed by atoms with Crippen molar-refractivity contribution in [3.05, 3.63) is 113 Å². The fourth-order valence-electron chi connectivity index (χ4n) is 6.58. The van der Waals surface area contributed by atoms with Crippen LogP contribution in [0.15, 0.2) is 84.9 Å². The van der Waals surface area contributed by atoms with Crippen LogP contribution in [-0.4, -0.2) is 26.2 Å². The molecule has 2 heterocycles. The van der Waals surface area contributed by atoms with Crippen LogP contribution in [0, 0.1) is 5.82 Å². The molecule has 0 aliphatic carbocycles. The van der Waals surface area contributed by atoms with Gasteiger partial charge in [-0.1, -0.05) is 42.5 Å². The number of hydrogen-bond donors (Lipinski definition) is 0. The smallest absolute Gasteiger partial charge is 0.135 e. The molecule has 6 rings (SSSR count). The standard InChI is InChI=1S/C34H36FN3O/c1-5-36(6-2)26-16-18-30-32(21-26)39-33-22-27(37(7-3)8-4)17-19-31(33)34(30)29-15-10-9-12-24(29)23-38(34)28-14-11-13-25(35)20-28/h9-22H,5-8,23H2,1-4H3. The van der Waals surface area contributed by atoms with Gasteiger partial charge in [0.15, 0.2) is 0 Å². The summed E-state index contributed by atoms with van der Waals surface area (Å²) in [6, 6.07) is 28.8. The number of halogens is 1. The van der Waals surface area contributed by atoms with Crippen molar-refractivity contribution < 1.29 is 9.13 Å². The number of ether oxygens (including phenoxy) is 1. The number of fused-ring (bicyclic) bond motifs is 6. The first-order valence-corrected chi connectivity index (χ1v) is 14.1. The molecule has 0 bridgehead atoms. The van der Waals surface area contributed by atoms with Crippen molar-refractivity contribution in [2.24, 2.45) is 0 Å². The van der Waals surface area contributed by atoms with Gasteiger partial charge in [-0.15, -0.1) is 0 Å². The van der Waals surface area contributed by atoms with E-state index in [2.05, 4.69) is 103 Å². The molecule has 0 amide bonds. The van der Waals surface area contributed by atoms with Gasteiger partial charge in [0.25, 0.3) is 0 Å². The molecule has 0 atom stereocenters. The largest absolute Gasteiger partial charge is 0.456 e. The summed E-state index contributed by atoms with van der Waals surface area (Å²) in [6.45, 7) is 13.1. The predicted octanol–water partition coefficient (Wildman–Crippen LogP) is 7.94. The Balaban J connectivity index is 1.67. The lowest BCUT2D eigenvalue weighted by Gasteiger charge is -2.46. The maximum atomic E-state index is 14.7. The van der Waals surface area contributed by atoms with Crippen molar-refractivity contribution in [1.82, 2.24) is 0 Å². The van der Waals surface area contributed by atoms with E-state index in [1.54, 1.807) is 12.1 Å². The Kier molecular flexibility index (Phi) is 6.46. The van der Waals surface area contributed by atoms with E-state index in [1.807, 2.05) is 6.07 Å². The molecule has 0 saturated heterocycles. The topological polar surface area (TPSA) is 19.0 Å². The average molecular weight is 522 g/mol. The van der Waals surface area contributed by atoms with Crippen molar-refractivity contribution in [2.45, 2.75) is 39.8 Å². The van der Waals surface area contributed by atoms with Gasteiger partial charge in [-0.2, -0.15) is 0 Å². The van der Waals surface area contributed by atoms with Gasteiger partial charge < -0.3 is 19.4 Å². The monoisotopic (exact) mass is 521 g/mol. The molecule has 0 aromatic heterocycles. The summed E-state index contributed by atoms with van der Waals surface area (Å²) in [5.41, 5.74) is 7.09. The SMILES string of the molecule is CCN(CC)c1ccc2c(c1)Oc1cc(N(CC)CC)ccc1C21c2ccccc2CN1c1cccc(F)c1. The Bertz CT molecular complexity index is 1450. The van der Waals surface area contributed by atoms with Crippen LogP contribution < -0.4 is 19.4 Å². The zero-order valence-corrected chi connectivity index (χ0v) is 23.2. The molecule has 0 saturated carbocycles. The van der Waals surface area contributed by atoms with Crippen molar-refractivity contribution in [1.29, 1.82) is 0 Å². The fourth-order valence-corrected chi connectivity index (χ4v) is 6.58. The number of rotatable bonds is 7. The highest BCUT2D eigenvalue weighted by molar-refractivity contribution is 5.76. The minimum Gasteiger partial charge on any atom is -0.456 e. The van der Waals surface area contributed by atoms with Crippen LogP contribution in [0.4, 0.5) is 21.5 Å². The molecule has 0 unspecified atom stereocenters. The van der Waals surface area contributed by atoms with Crippen molar-refractivity contribution in [2.75, 3.05) is 40.9 Å². The third-order valence-electron chi connectivity index (χ3n) is 8.45. The average Bonchev–Trinajstić information content (AvgIpc) is 3.30. The Morgan fingerprint density at radius 3 is 1.85 bits per heavy atom. The van der Waals surface area contributed by atoms with Gasteiger partial charge in [-0.25, -0.2) is 4.39 Å². The lowest BCUT2D eigenvalue weighted by atomic mass is 9.74. The summed E-state index contributed by atoms with van der Waals surface area (Å²) in [5.74, 6) is 1.46. The maximum Gasteiger partial charge on any atom is 0.135 e. The van der Waals surface area contributed by atoms with E-state index in [0.717, 1.165) is 65.9 Å². The number of anilines is 3. The molecular formula is C34H36FN3O. The number of benzene rings is 4. The van der Waals surface area contributed by atoms with Gasteiger partial charge in [-0.3, -0.25) is 0 Å². The highest BCUT2D eigenvalue weighted by Crippen LogP contribution is 2.59. The Morgan fingerprint density at radius 1 is 0.692 bits per heavy atom. The van der Waals surface area contributed by atoms with Crippen LogP contribution in [0.3, 0.4) is 0 Å². The van der Waals surface area contributed by atoms with E-state index < -0.39 is 5.54 Å². The highest BCUT2D eigenvalue weighted by Gasteiger charge is 2.53. The third kappa shape index (κ3) is 3.86. The van der Waals surface area contributed by atoms with Gasteiger partial charge in [0.05, 0.1) is 0 Å². The summed E-state index contributed by atoms with van der Waals surface area (Å²) in [7, 11) is 0. The molecular weight excluding hydrogens is 485 g/mol. The minimum atomic E-state index is -0.656. The fraction of sp³-hybridized carbons (Fsp3) is 0.294. The molecule has 4 aromatic carbocycles. The molecule has 2 aliphatic rings. The quantitative estimate of drug-likeness (QED) is 0.246. The second kappa shape index (κ2) is 9.96. The van der Waals surface area contributed by atoms with Gasteiger partial charge in [-0.05, 0) is 69.2 Å². The van der Waals surface area contributed by atoms with Crippen molar-refractivity contribution in [3.63, 3.8) is 0 Å². The van der Waals surface area contributed by atoms with Crippen LogP contribution in [0.5, 0.6) is 11.5 Å². The summed E-state index contributed by atoms with van der Waals surface area (Å²) in [4.78, 5) is 7.03. The van der Waals surface area contributed by atoms with Gasteiger partial charge >= 0.3 is 0 Å². The summed E-state index contributed by atoms with van der Waals surface area (Å²) in [5, 5.41) is 0.